The summed E-state index contributed by atoms with van der Waals surface area (Å²) in [4.78, 5) is 54.2. The Bertz CT molecular complexity index is 998. The van der Waals surface area contributed by atoms with Gasteiger partial charge in [0.25, 0.3) is 0 Å². The van der Waals surface area contributed by atoms with Gasteiger partial charge >= 0.3 is 5.97 Å². The fourth-order valence-electron chi connectivity index (χ4n) is 9.58. The van der Waals surface area contributed by atoms with Gasteiger partial charge in [0.1, 0.15) is 17.5 Å². The average molecular weight is 889 g/mol. The van der Waals surface area contributed by atoms with Gasteiger partial charge in [0.2, 0.25) is 0 Å². The number of hydrogen-bond acceptors (Lipinski definition) is 5. The van der Waals surface area contributed by atoms with Crippen LogP contribution < -0.4 is 5.73 Å². The van der Waals surface area contributed by atoms with Crippen molar-refractivity contribution >= 4 is 23.3 Å². The maximum Gasteiger partial charge on any atom is 0.332 e. The predicted molar refractivity (Wildman–Crippen MR) is 272 cm³/mol. The highest BCUT2D eigenvalue weighted by Crippen LogP contribution is 2.27. The molecule has 0 aliphatic carbocycles. The molecular formula is C57H109NO5. The monoisotopic (exact) mass is 888 g/mol. The largest absolute Gasteiger partial charge is 0.480 e. The summed E-state index contributed by atoms with van der Waals surface area (Å²) >= 11 is 0. The number of Topliss-reactive ketones (excluding diaryl/α,β-unsaturated/α-hetero) is 3. The summed E-state index contributed by atoms with van der Waals surface area (Å²) in [6, 6.07) is 0. The molecular weight excluding hydrogens is 779 g/mol. The van der Waals surface area contributed by atoms with Gasteiger partial charge in [-0.2, -0.15) is 0 Å². The normalized spacial score (nSPS) is 12.6. The Labute approximate surface area is 392 Å². The van der Waals surface area contributed by atoms with Crippen LogP contribution in [0.1, 0.15) is 329 Å². The van der Waals surface area contributed by atoms with Crippen LogP contribution in [0.3, 0.4) is 0 Å². The van der Waals surface area contributed by atoms with Crippen molar-refractivity contribution in [3.63, 3.8) is 0 Å². The molecule has 0 heterocycles. The number of nitrogens with two attached hydrogens (primary N) is 1. The zero-order chi connectivity index (χ0) is 46.3. The van der Waals surface area contributed by atoms with Crippen LogP contribution in [0, 0.1) is 5.92 Å². The molecule has 0 aliphatic rings. The van der Waals surface area contributed by atoms with Gasteiger partial charge in [0.15, 0.2) is 11.3 Å². The van der Waals surface area contributed by atoms with Crippen LogP contribution in [0.2, 0.25) is 0 Å². The molecule has 0 aromatic heterocycles. The Balaban J connectivity index is 4.84. The van der Waals surface area contributed by atoms with E-state index in [1.165, 1.54) is 212 Å². The molecule has 1 atom stereocenters. The quantitative estimate of drug-likeness (QED) is 0.0464. The lowest BCUT2D eigenvalue weighted by atomic mass is 9.72. The average Bonchev–Trinajstić information content (AvgIpc) is 3.27. The first kappa shape index (κ1) is 61.4. The van der Waals surface area contributed by atoms with E-state index in [9.17, 15) is 24.3 Å². The lowest BCUT2D eigenvalue weighted by Gasteiger charge is -2.31. The van der Waals surface area contributed by atoms with Crippen LogP contribution in [0.5, 0.6) is 0 Å². The first-order valence-corrected chi connectivity index (χ1v) is 28.4. The lowest BCUT2D eigenvalue weighted by Crippen LogP contribution is -2.64. The zero-order valence-electron chi connectivity index (χ0n) is 42.7. The molecule has 6 heteroatoms. The molecule has 6 nitrogen and oxygen atoms in total. The van der Waals surface area contributed by atoms with Crippen molar-refractivity contribution in [2.24, 2.45) is 11.7 Å². The van der Waals surface area contributed by atoms with Crippen molar-refractivity contribution < 1.29 is 24.3 Å². The van der Waals surface area contributed by atoms with Crippen molar-refractivity contribution in [3.05, 3.63) is 0 Å². The van der Waals surface area contributed by atoms with Crippen LogP contribution in [0.15, 0.2) is 0 Å². The molecule has 0 aliphatic heterocycles. The molecule has 0 radical (unpaired) electrons. The Morgan fingerprint density at radius 3 is 0.683 bits per heavy atom. The SMILES string of the molecule is CCCCCCCCCCCCCCCCCC(=O)C(C(=O)CCCCCCCCCCCCCCCCC)C(N)(C(=O)O)C(=O)CCCCCCCCCCCCCCCCC. The van der Waals surface area contributed by atoms with Crippen molar-refractivity contribution in [1.29, 1.82) is 0 Å². The van der Waals surface area contributed by atoms with E-state index < -0.39 is 34.8 Å². The lowest BCUT2D eigenvalue weighted by molar-refractivity contribution is -0.157. The number of ketones is 3. The second kappa shape index (κ2) is 47.0. The molecule has 372 valence electrons. The first-order valence-electron chi connectivity index (χ1n) is 28.4. The van der Waals surface area contributed by atoms with E-state index in [0.29, 0.717) is 19.3 Å². The maximum atomic E-state index is 13.8. The van der Waals surface area contributed by atoms with Crippen LogP contribution >= 0.6 is 0 Å². The predicted octanol–water partition coefficient (Wildman–Crippen LogP) is 17.9. The molecule has 0 fully saturated rings. The minimum atomic E-state index is -2.49. The Morgan fingerprint density at radius 2 is 0.492 bits per heavy atom. The summed E-state index contributed by atoms with van der Waals surface area (Å²) < 4.78 is 0. The van der Waals surface area contributed by atoms with E-state index in [0.717, 1.165) is 57.8 Å². The molecule has 0 saturated heterocycles. The number of carbonyl (C=O) groups is 4. The van der Waals surface area contributed by atoms with Gasteiger partial charge in [-0.3, -0.25) is 14.4 Å². The zero-order valence-corrected chi connectivity index (χ0v) is 42.7. The van der Waals surface area contributed by atoms with E-state index in [2.05, 4.69) is 20.8 Å². The van der Waals surface area contributed by atoms with Crippen molar-refractivity contribution in [2.45, 2.75) is 335 Å². The first-order chi connectivity index (χ1) is 30.8. The number of rotatable bonds is 53. The van der Waals surface area contributed by atoms with Gasteiger partial charge in [-0.25, -0.2) is 4.79 Å². The third-order valence-electron chi connectivity index (χ3n) is 14.0. The van der Waals surface area contributed by atoms with E-state index in [4.69, 9.17) is 5.73 Å². The second-order valence-corrected chi connectivity index (χ2v) is 20.1. The third kappa shape index (κ3) is 36.3. The molecule has 63 heavy (non-hydrogen) atoms. The fraction of sp³-hybridized carbons (Fsp3) is 0.930. The summed E-state index contributed by atoms with van der Waals surface area (Å²) in [5.74, 6) is -4.70. The topological polar surface area (TPSA) is 115 Å². The highest BCUT2D eigenvalue weighted by Gasteiger charge is 2.54. The second-order valence-electron chi connectivity index (χ2n) is 20.1. The van der Waals surface area contributed by atoms with Crippen molar-refractivity contribution in [1.82, 2.24) is 0 Å². The summed E-state index contributed by atoms with van der Waals surface area (Å²) in [6.45, 7) is 6.79. The van der Waals surface area contributed by atoms with E-state index in [1.807, 2.05) is 0 Å². The highest BCUT2D eigenvalue weighted by molar-refractivity contribution is 6.18. The van der Waals surface area contributed by atoms with Crippen LogP contribution in [-0.4, -0.2) is 34.0 Å². The molecule has 0 amide bonds. The number of carbonyl (C=O) groups excluding carboxylic acids is 3. The molecule has 1 unspecified atom stereocenters. The van der Waals surface area contributed by atoms with Crippen LogP contribution in [0.4, 0.5) is 0 Å². The van der Waals surface area contributed by atoms with Crippen molar-refractivity contribution in [3.8, 4) is 0 Å². The highest BCUT2D eigenvalue weighted by atomic mass is 16.4. The molecule has 0 saturated carbocycles. The number of aliphatic carboxylic acids is 1. The fourth-order valence-corrected chi connectivity index (χ4v) is 9.58. The molecule has 0 aromatic rings. The van der Waals surface area contributed by atoms with E-state index in [-0.39, 0.29) is 19.3 Å². The van der Waals surface area contributed by atoms with Gasteiger partial charge in [-0.15, -0.1) is 0 Å². The van der Waals surface area contributed by atoms with Gasteiger partial charge in [-0.1, -0.05) is 290 Å². The number of unbranched alkanes of at least 4 members (excludes halogenated alkanes) is 42. The molecule has 0 rings (SSSR count). The van der Waals surface area contributed by atoms with Gasteiger partial charge in [-0.05, 0) is 19.3 Å². The Kier molecular flexibility index (Phi) is 45.8. The Hall–Kier alpha value is -1.56. The van der Waals surface area contributed by atoms with Gasteiger partial charge < -0.3 is 10.8 Å². The van der Waals surface area contributed by atoms with E-state index >= 15 is 0 Å². The smallest absolute Gasteiger partial charge is 0.332 e. The Morgan fingerprint density at radius 1 is 0.317 bits per heavy atom. The standard InChI is InChI=1S/C57H109NO5/c1-4-7-10-13-16-19-22-25-28-31-34-37-40-43-46-49-52(59)55(53(60)50-47-44-41-38-35-32-29-26-23-20-17-14-11-8-5-2)57(58,56(62)63)54(61)51-48-45-42-39-36-33-30-27-24-21-18-15-12-9-6-3/h55H,4-51,58H2,1-3H3,(H,62,63). The van der Waals surface area contributed by atoms with E-state index in [1.54, 1.807) is 0 Å². The van der Waals surface area contributed by atoms with Gasteiger partial charge in [0.05, 0.1) is 0 Å². The molecule has 0 spiro atoms. The summed E-state index contributed by atoms with van der Waals surface area (Å²) in [6.07, 6.45) is 54.5. The maximum absolute atomic E-state index is 13.8. The molecule has 3 N–H and O–H groups in total. The third-order valence-corrected chi connectivity index (χ3v) is 14.0. The van der Waals surface area contributed by atoms with Gasteiger partial charge in [0, 0.05) is 19.3 Å². The van der Waals surface area contributed by atoms with Crippen LogP contribution in [-0.2, 0) is 19.2 Å². The molecule has 0 aromatic carbocycles. The minimum Gasteiger partial charge on any atom is -0.480 e. The number of hydrogen-bond donors (Lipinski definition) is 2. The number of carboxylic acids is 1. The minimum absolute atomic E-state index is 0.00394. The summed E-state index contributed by atoms with van der Waals surface area (Å²) in [5, 5.41) is 10.5. The summed E-state index contributed by atoms with van der Waals surface area (Å²) in [5.41, 5.74) is 4.02. The summed E-state index contributed by atoms with van der Waals surface area (Å²) in [7, 11) is 0. The van der Waals surface area contributed by atoms with Crippen LogP contribution in [0.25, 0.3) is 0 Å². The molecule has 0 bridgehead atoms. The van der Waals surface area contributed by atoms with Crippen molar-refractivity contribution in [2.75, 3.05) is 0 Å². The number of carboxylic acid groups (broad SMARTS) is 1.